The lowest BCUT2D eigenvalue weighted by molar-refractivity contribution is 0.241. The second-order valence-corrected chi connectivity index (χ2v) is 3.97. The number of nitrogens with one attached hydrogen (secondary N) is 2. The van der Waals surface area contributed by atoms with Crippen LogP contribution in [0.4, 0.5) is 4.79 Å². The highest BCUT2D eigenvalue weighted by Gasteiger charge is 2.06. The Morgan fingerprint density at radius 2 is 1.88 bits per heavy atom. The average molecular weight is 218 g/mol. The van der Waals surface area contributed by atoms with Crippen LogP contribution in [-0.4, -0.2) is 6.03 Å². The number of allylic oxidation sites excluding steroid dienone is 1. The maximum Gasteiger partial charge on any atom is 0.319 e. The lowest BCUT2D eigenvalue weighted by atomic mass is 10.1. The highest BCUT2D eigenvalue weighted by atomic mass is 16.2. The molecule has 1 aromatic rings. The minimum Gasteiger partial charge on any atom is -0.331 e. The molecule has 0 saturated heterocycles. The quantitative estimate of drug-likeness (QED) is 0.804. The first-order valence-corrected chi connectivity index (χ1v) is 5.35. The smallest absolute Gasteiger partial charge is 0.319 e. The molecule has 0 aliphatic heterocycles. The van der Waals surface area contributed by atoms with E-state index in [1.807, 2.05) is 51.1 Å². The molecule has 16 heavy (non-hydrogen) atoms. The first-order chi connectivity index (χ1) is 7.59. The van der Waals surface area contributed by atoms with E-state index in [4.69, 9.17) is 0 Å². The monoisotopic (exact) mass is 218 g/mol. The lowest BCUT2D eigenvalue weighted by Crippen LogP contribution is -2.34. The van der Waals surface area contributed by atoms with Crippen LogP contribution in [0.3, 0.4) is 0 Å². The van der Waals surface area contributed by atoms with Crippen molar-refractivity contribution in [3.63, 3.8) is 0 Å². The van der Waals surface area contributed by atoms with Crippen LogP contribution in [0.15, 0.2) is 42.1 Å². The van der Waals surface area contributed by atoms with Crippen LogP contribution in [0.2, 0.25) is 0 Å². The van der Waals surface area contributed by atoms with E-state index in [1.165, 1.54) is 0 Å². The molecule has 2 N–H and O–H groups in total. The standard InChI is InChI=1S/C13H18N2O/c1-10(2)9-14-13(16)15-11(3)12-7-5-4-6-8-12/h4-9,11H,1-3H3,(H2,14,15,16). The van der Waals surface area contributed by atoms with Crippen molar-refractivity contribution in [1.82, 2.24) is 10.6 Å². The van der Waals surface area contributed by atoms with Crippen LogP contribution >= 0.6 is 0 Å². The fourth-order valence-electron chi connectivity index (χ4n) is 1.27. The van der Waals surface area contributed by atoms with Gasteiger partial charge in [0.2, 0.25) is 0 Å². The SMILES string of the molecule is CC(C)=CNC(=O)NC(C)c1ccccc1. The Morgan fingerprint density at radius 1 is 1.25 bits per heavy atom. The van der Waals surface area contributed by atoms with Gasteiger partial charge in [-0.2, -0.15) is 0 Å². The van der Waals surface area contributed by atoms with E-state index < -0.39 is 0 Å². The molecule has 0 radical (unpaired) electrons. The van der Waals surface area contributed by atoms with Crippen molar-refractivity contribution in [2.75, 3.05) is 0 Å². The molecular formula is C13H18N2O. The van der Waals surface area contributed by atoms with E-state index in [2.05, 4.69) is 10.6 Å². The molecule has 3 nitrogen and oxygen atoms in total. The first-order valence-electron chi connectivity index (χ1n) is 5.35. The Hall–Kier alpha value is -1.77. The summed E-state index contributed by atoms with van der Waals surface area (Å²) in [6.07, 6.45) is 1.69. The first kappa shape index (κ1) is 12.3. The van der Waals surface area contributed by atoms with Crippen LogP contribution in [0.25, 0.3) is 0 Å². The number of hydrogen-bond donors (Lipinski definition) is 2. The molecule has 0 saturated carbocycles. The molecule has 1 aromatic carbocycles. The summed E-state index contributed by atoms with van der Waals surface area (Å²) in [6.45, 7) is 5.82. The number of hydrogen-bond acceptors (Lipinski definition) is 1. The van der Waals surface area contributed by atoms with Crippen molar-refractivity contribution in [3.05, 3.63) is 47.7 Å². The number of urea groups is 1. The number of amides is 2. The Morgan fingerprint density at radius 3 is 2.44 bits per heavy atom. The number of benzene rings is 1. The van der Waals surface area contributed by atoms with Gasteiger partial charge in [-0.15, -0.1) is 0 Å². The summed E-state index contributed by atoms with van der Waals surface area (Å²) in [5.41, 5.74) is 2.15. The topological polar surface area (TPSA) is 41.1 Å². The van der Waals surface area contributed by atoms with Gasteiger partial charge in [0, 0.05) is 6.20 Å². The maximum absolute atomic E-state index is 11.5. The average Bonchev–Trinajstić information content (AvgIpc) is 2.27. The fourth-order valence-corrected chi connectivity index (χ4v) is 1.27. The second kappa shape index (κ2) is 5.95. The normalized spacial score (nSPS) is 11.4. The molecule has 1 rings (SSSR count). The zero-order valence-electron chi connectivity index (χ0n) is 9.95. The summed E-state index contributed by atoms with van der Waals surface area (Å²) >= 11 is 0. The van der Waals surface area contributed by atoms with Crippen LogP contribution in [0.1, 0.15) is 32.4 Å². The molecule has 0 spiro atoms. The molecule has 0 aliphatic rings. The molecular weight excluding hydrogens is 200 g/mol. The van der Waals surface area contributed by atoms with Gasteiger partial charge in [0.15, 0.2) is 0 Å². The van der Waals surface area contributed by atoms with Crippen molar-refractivity contribution in [1.29, 1.82) is 0 Å². The highest BCUT2D eigenvalue weighted by molar-refractivity contribution is 5.75. The third-order valence-electron chi connectivity index (χ3n) is 2.14. The van der Waals surface area contributed by atoms with Gasteiger partial charge in [-0.3, -0.25) is 0 Å². The molecule has 0 fully saturated rings. The maximum atomic E-state index is 11.5. The van der Waals surface area contributed by atoms with Crippen molar-refractivity contribution < 1.29 is 4.79 Å². The van der Waals surface area contributed by atoms with Crippen molar-refractivity contribution >= 4 is 6.03 Å². The summed E-state index contributed by atoms with van der Waals surface area (Å²) in [6, 6.07) is 9.68. The van der Waals surface area contributed by atoms with Gasteiger partial charge in [-0.05, 0) is 26.3 Å². The molecule has 0 heterocycles. The number of carbonyl (C=O) groups excluding carboxylic acids is 1. The summed E-state index contributed by atoms with van der Waals surface area (Å²) < 4.78 is 0. The summed E-state index contributed by atoms with van der Waals surface area (Å²) in [7, 11) is 0. The molecule has 0 bridgehead atoms. The van der Waals surface area contributed by atoms with E-state index in [-0.39, 0.29) is 12.1 Å². The lowest BCUT2D eigenvalue weighted by Gasteiger charge is -2.13. The minimum atomic E-state index is -0.183. The van der Waals surface area contributed by atoms with Gasteiger partial charge in [-0.1, -0.05) is 35.9 Å². The van der Waals surface area contributed by atoms with Crippen LogP contribution in [0, 0.1) is 0 Å². The van der Waals surface area contributed by atoms with Crippen LogP contribution in [-0.2, 0) is 0 Å². The van der Waals surface area contributed by atoms with Crippen molar-refractivity contribution in [3.8, 4) is 0 Å². The van der Waals surface area contributed by atoms with E-state index in [0.29, 0.717) is 0 Å². The number of carbonyl (C=O) groups is 1. The predicted octanol–water partition coefficient (Wildman–Crippen LogP) is 2.97. The van der Waals surface area contributed by atoms with Gasteiger partial charge >= 0.3 is 6.03 Å². The third-order valence-corrected chi connectivity index (χ3v) is 2.14. The summed E-state index contributed by atoms with van der Waals surface area (Å²) in [5.74, 6) is 0. The van der Waals surface area contributed by atoms with E-state index in [1.54, 1.807) is 6.20 Å². The van der Waals surface area contributed by atoms with Gasteiger partial charge in [0.1, 0.15) is 0 Å². The zero-order chi connectivity index (χ0) is 12.0. The second-order valence-electron chi connectivity index (χ2n) is 3.97. The molecule has 86 valence electrons. The van der Waals surface area contributed by atoms with Crippen molar-refractivity contribution in [2.24, 2.45) is 0 Å². The third kappa shape index (κ3) is 4.17. The molecule has 3 heteroatoms. The van der Waals surface area contributed by atoms with Gasteiger partial charge in [-0.25, -0.2) is 4.79 Å². The molecule has 1 unspecified atom stereocenters. The largest absolute Gasteiger partial charge is 0.331 e. The minimum absolute atomic E-state index is 0.00626. The Labute approximate surface area is 96.6 Å². The van der Waals surface area contributed by atoms with Gasteiger partial charge in [0.05, 0.1) is 6.04 Å². The van der Waals surface area contributed by atoms with E-state index in [9.17, 15) is 4.79 Å². The fraction of sp³-hybridized carbons (Fsp3) is 0.308. The van der Waals surface area contributed by atoms with Gasteiger partial charge < -0.3 is 10.6 Å². The predicted molar refractivity (Wildman–Crippen MR) is 66.0 cm³/mol. The Balaban J connectivity index is 2.49. The highest BCUT2D eigenvalue weighted by Crippen LogP contribution is 2.10. The molecule has 0 aromatic heterocycles. The zero-order valence-corrected chi connectivity index (χ0v) is 9.95. The van der Waals surface area contributed by atoms with Crippen LogP contribution < -0.4 is 10.6 Å². The van der Waals surface area contributed by atoms with Gasteiger partial charge in [0.25, 0.3) is 0 Å². The van der Waals surface area contributed by atoms with E-state index >= 15 is 0 Å². The van der Waals surface area contributed by atoms with Crippen molar-refractivity contribution in [2.45, 2.75) is 26.8 Å². The summed E-state index contributed by atoms with van der Waals surface area (Å²) in [5, 5.41) is 5.53. The molecule has 0 aliphatic carbocycles. The Bertz CT molecular complexity index is 367. The molecule has 2 amide bonds. The molecule has 1 atom stereocenters. The van der Waals surface area contributed by atoms with Crippen LogP contribution in [0.5, 0.6) is 0 Å². The van der Waals surface area contributed by atoms with E-state index in [0.717, 1.165) is 11.1 Å². The summed E-state index contributed by atoms with van der Waals surface area (Å²) in [4.78, 5) is 11.5. The Kier molecular flexibility index (Phi) is 4.58. The number of rotatable bonds is 3.